The maximum Gasteiger partial charge on any atom is 0.175 e. The van der Waals surface area contributed by atoms with Crippen LogP contribution in [0.15, 0.2) is 40.6 Å². The third-order valence-electron chi connectivity index (χ3n) is 2.13. The number of rotatable bonds is 2. The van der Waals surface area contributed by atoms with Gasteiger partial charge in [0.05, 0.1) is 4.90 Å². The van der Waals surface area contributed by atoms with Gasteiger partial charge in [-0.15, -0.1) is 11.3 Å². The van der Waals surface area contributed by atoms with Crippen LogP contribution in [-0.2, 0) is 9.84 Å². The van der Waals surface area contributed by atoms with Crippen molar-refractivity contribution in [1.29, 1.82) is 0 Å². The summed E-state index contributed by atoms with van der Waals surface area (Å²) in [5.74, 6) is -0.0358. The van der Waals surface area contributed by atoms with Gasteiger partial charge >= 0.3 is 0 Å². The average Bonchev–Trinajstić information content (AvgIpc) is 2.68. The molecular formula is C11H10O3S2. The van der Waals surface area contributed by atoms with Crippen molar-refractivity contribution in [1.82, 2.24) is 0 Å². The van der Waals surface area contributed by atoms with Crippen LogP contribution in [0, 0.1) is 0 Å². The molecule has 0 atom stereocenters. The van der Waals surface area contributed by atoms with E-state index in [2.05, 4.69) is 0 Å². The molecule has 0 saturated carbocycles. The molecule has 2 rings (SSSR count). The summed E-state index contributed by atoms with van der Waals surface area (Å²) in [4.78, 5) is 1.07. The summed E-state index contributed by atoms with van der Waals surface area (Å²) in [7, 11) is -3.29. The minimum absolute atomic E-state index is 0.0358. The lowest BCUT2D eigenvalue weighted by atomic mass is 10.2. The van der Waals surface area contributed by atoms with E-state index in [0.29, 0.717) is 0 Å². The Morgan fingerprint density at radius 3 is 2.56 bits per heavy atom. The van der Waals surface area contributed by atoms with Crippen molar-refractivity contribution in [2.24, 2.45) is 0 Å². The molecule has 0 bridgehead atoms. The lowest BCUT2D eigenvalue weighted by Gasteiger charge is -2.03. The van der Waals surface area contributed by atoms with E-state index < -0.39 is 9.84 Å². The Morgan fingerprint density at radius 1 is 1.25 bits per heavy atom. The van der Waals surface area contributed by atoms with E-state index in [9.17, 15) is 13.5 Å². The molecule has 1 N–H and O–H groups in total. The molecular weight excluding hydrogens is 244 g/mol. The van der Waals surface area contributed by atoms with E-state index in [1.165, 1.54) is 17.4 Å². The van der Waals surface area contributed by atoms with Crippen LogP contribution in [0.3, 0.4) is 0 Å². The molecule has 5 heteroatoms. The first-order valence-electron chi connectivity index (χ1n) is 4.55. The van der Waals surface area contributed by atoms with Crippen LogP contribution in [-0.4, -0.2) is 19.8 Å². The molecule has 0 radical (unpaired) electrons. The minimum Gasteiger partial charge on any atom is -0.508 e. The summed E-state index contributed by atoms with van der Waals surface area (Å²) in [5.41, 5.74) is 0.718. The van der Waals surface area contributed by atoms with Gasteiger partial charge in [0, 0.05) is 11.1 Å². The third kappa shape index (κ3) is 2.25. The molecule has 0 aliphatic rings. The molecule has 2 aromatic rings. The molecule has 3 nitrogen and oxygen atoms in total. The van der Waals surface area contributed by atoms with E-state index in [1.807, 2.05) is 17.5 Å². The van der Waals surface area contributed by atoms with Gasteiger partial charge in [-0.1, -0.05) is 6.07 Å². The molecule has 0 amide bonds. The number of phenolic OH excluding ortho intramolecular Hbond substituents is 1. The molecule has 1 aromatic carbocycles. The Labute approximate surface area is 97.9 Å². The normalized spacial score (nSPS) is 11.6. The quantitative estimate of drug-likeness (QED) is 0.896. The maximum absolute atomic E-state index is 11.4. The van der Waals surface area contributed by atoms with Gasteiger partial charge in [-0.2, -0.15) is 0 Å². The summed E-state index contributed by atoms with van der Waals surface area (Å²) in [6.07, 6.45) is 1.12. The van der Waals surface area contributed by atoms with Crippen molar-refractivity contribution >= 4 is 21.2 Å². The van der Waals surface area contributed by atoms with Crippen LogP contribution in [0.1, 0.15) is 0 Å². The van der Waals surface area contributed by atoms with E-state index in [1.54, 1.807) is 12.1 Å². The summed E-state index contributed by atoms with van der Waals surface area (Å²) >= 11 is 1.50. The lowest BCUT2D eigenvalue weighted by Crippen LogP contribution is -1.96. The highest BCUT2D eigenvalue weighted by molar-refractivity contribution is 7.90. The fourth-order valence-electron chi connectivity index (χ4n) is 1.38. The van der Waals surface area contributed by atoms with Crippen LogP contribution < -0.4 is 0 Å². The average molecular weight is 254 g/mol. The number of hydrogen-bond acceptors (Lipinski definition) is 4. The Morgan fingerprint density at radius 2 is 2.00 bits per heavy atom. The molecule has 16 heavy (non-hydrogen) atoms. The summed E-state index contributed by atoms with van der Waals surface area (Å²) in [6, 6.07) is 8.14. The molecule has 0 aliphatic carbocycles. The second-order valence-corrected chi connectivity index (χ2v) is 6.43. The Kier molecular flexibility index (Phi) is 2.73. The highest BCUT2D eigenvalue weighted by Gasteiger charge is 2.11. The van der Waals surface area contributed by atoms with Gasteiger partial charge in [-0.05, 0) is 35.2 Å². The number of hydrogen-bond donors (Lipinski definition) is 1. The predicted molar refractivity (Wildman–Crippen MR) is 64.5 cm³/mol. The molecule has 0 saturated heterocycles. The van der Waals surface area contributed by atoms with Gasteiger partial charge in [-0.3, -0.25) is 0 Å². The van der Waals surface area contributed by atoms with Crippen LogP contribution in [0.4, 0.5) is 0 Å². The van der Waals surface area contributed by atoms with Crippen molar-refractivity contribution in [3.63, 3.8) is 0 Å². The molecule has 84 valence electrons. The van der Waals surface area contributed by atoms with Crippen LogP contribution in [0.25, 0.3) is 10.4 Å². The van der Waals surface area contributed by atoms with Crippen molar-refractivity contribution < 1.29 is 13.5 Å². The van der Waals surface area contributed by atoms with Gasteiger partial charge in [0.2, 0.25) is 0 Å². The van der Waals surface area contributed by atoms with Crippen molar-refractivity contribution in [2.75, 3.05) is 6.26 Å². The van der Waals surface area contributed by atoms with Gasteiger partial charge in [0.25, 0.3) is 0 Å². The summed E-state index contributed by atoms with van der Waals surface area (Å²) in [6.45, 7) is 0. The van der Waals surface area contributed by atoms with Crippen molar-refractivity contribution in [3.8, 4) is 16.2 Å². The standard InChI is InChI=1S/C11H10O3S2/c1-16(13,14)10-6-8(5-9(12)7-10)11-3-2-4-15-11/h2-7,12H,1H3. The monoisotopic (exact) mass is 254 g/mol. The van der Waals surface area contributed by atoms with E-state index >= 15 is 0 Å². The molecule has 0 spiro atoms. The molecule has 0 unspecified atom stereocenters. The van der Waals surface area contributed by atoms with Crippen LogP contribution >= 0.6 is 11.3 Å². The van der Waals surface area contributed by atoms with Crippen LogP contribution in [0.2, 0.25) is 0 Å². The van der Waals surface area contributed by atoms with Gasteiger partial charge in [0.1, 0.15) is 5.75 Å². The largest absolute Gasteiger partial charge is 0.508 e. The van der Waals surface area contributed by atoms with Crippen LogP contribution in [0.5, 0.6) is 5.75 Å². The fraction of sp³-hybridized carbons (Fsp3) is 0.0909. The predicted octanol–water partition coefficient (Wildman–Crippen LogP) is 2.52. The van der Waals surface area contributed by atoms with Crippen molar-refractivity contribution in [3.05, 3.63) is 35.7 Å². The lowest BCUT2D eigenvalue weighted by molar-refractivity contribution is 0.473. The number of aromatic hydroxyl groups is 1. The fourth-order valence-corrected chi connectivity index (χ4v) is 2.77. The Bertz CT molecular complexity index is 598. The molecule has 0 aliphatic heterocycles. The van der Waals surface area contributed by atoms with E-state index in [-0.39, 0.29) is 10.6 Å². The van der Waals surface area contributed by atoms with Gasteiger partial charge in [0.15, 0.2) is 9.84 Å². The first-order chi connectivity index (χ1) is 7.47. The van der Waals surface area contributed by atoms with E-state index in [0.717, 1.165) is 16.7 Å². The van der Waals surface area contributed by atoms with Gasteiger partial charge < -0.3 is 5.11 Å². The van der Waals surface area contributed by atoms with Gasteiger partial charge in [-0.25, -0.2) is 8.42 Å². The smallest absolute Gasteiger partial charge is 0.175 e. The zero-order valence-electron chi connectivity index (χ0n) is 8.54. The summed E-state index contributed by atoms with van der Waals surface area (Å²) in [5, 5.41) is 11.4. The first kappa shape index (κ1) is 11.2. The zero-order valence-corrected chi connectivity index (χ0v) is 10.2. The number of sulfone groups is 1. The molecule has 0 fully saturated rings. The van der Waals surface area contributed by atoms with Crippen molar-refractivity contribution in [2.45, 2.75) is 4.90 Å². The Hall–Kier alpha value is -1.33. The molecule has 1 heterocycles. The second-order valence-electron chi connectivity index (χ2n) is 3.47. The first-order valence-corrected chi connectivity index (χ1v) is 7.32. The molecule has 1 aromatic heterocycles. The third-order valence-corrected chi connectivity index (χ3v) is 4.14. The summed E-state index contributed by atoms with van der Waals surface area (Å²) < 4.78 is 22.8. The SMILES string of the molecule is CS(=O)(=O)c1cc(O)cc(-c2cccs2)c1. The highest BCUT2D eigenvalue weighted by atomic mass is 32.2. The van der Waals surface area contributed by atoms with E-state index in [4.69, 9.17) is 0 Å². The topological polar surface area (TPSA) is 54.4 Å². The number of phenols is 1. The highest BCUT2D eigenvalue weighted by Crippen LogP contribution is 2.30. The Balaban J connectivity index is 2.62. The number of thiophene rings is 1. The second kappa shape index (κ2) is 3.92. The zero-order chi connectivity index (χ0) is 11.8. The number of benzene rings is 1. The minimum atomic E-state index is -3.29. The maximum atomic E-state index is 11.4.